The smallest absolute Gasteiger partial charge is 0.261 e. The predicted octanol–water partition coefficient (Wildman–Crippen LogP) is 4.13. The molecule has 5 heteroatoms. The van der Waals surface area contributed by atoms with Crippen molar-refractivity contribution < 1.29 is 14.3 Å². The monoisotopic (exact) mass is 410 g/mol. The molecule has 0 aliphatic heterocycles. The largest absolute Gasteiger partial charge is 0.484 e. The van der Waals surface area contributed by atoms with Gasteiger partial charge in [0.05, 0.1) is 0 Å². The maximum atomic E-state index is 13.1. The third-order valence-electron chi connectivity index (χ3n) is 5.15. The summed E-state index contributed by atoms with van der Waals surface area (Å²) >= 11 is 0. The number of hydrogen-bond donors (Lipinski definition) is 1. The van der Waals surface area contributed by atoms with Gasteiger partial charge in [0.15, 0.2) is 6.61 Å². The molecule has 1 N–H and O–H groups in total. The van der Waals surface area contributed by atoms with E-state index < -0.39 is 6.04 Å². The van der Waals surface area contributed by atoms with Crippen LogP contribution in [-0.2, 0) is 22.6 Å². The number of amides is 2. The Morgan fingerprint density at radius 3 is 2.30 bits per heavy atom. The molecule has 0 aliphatic carbocycles. The number of carbonyl (C=O) groups excluding carboxylic acids is 2. The fourth-order valence-corrected chi connectivity index (χ4v) is 3.06. The van der Waals surface area contributed by atoms with Crippen molar-refractivity contribution in [2.45, 2.75) is 53.6 Å². The Morgan fingerprint density at radius 1 is 1.03 bits per heavy atom. The van der Waals surface area contributed by atoms with Crippen molar-refractivity contribution in [2.75, 3.05) is 13.2 Å². The van der Waals surface area contributed by atoms with Crippen molar-refractivity contribution in [1.82, 2.24) is 10.2 Å². The Morgan fingerprint density at radius 2 is 1.70 bits per heavy atom. The van der Waals surface area contributed by atoms with E-state index >= 15 is 0 Å². The highest BCUT2D eigenvalue weighted by Crippen LogP contribution is 2.16. The summed E-state index contributed by atoms with van der Waals surface area (Å²) in [5.74, 6) is 0.618. The van der Waals surface area contributed by atoms with Gasteiger partial charge < -0.3 is 15.0 Å². The van der Waals surface area contributed by atoms with Crippen LogP contribution < -0.4 is 10.1 Å². The third kappa shape index (κ3) is 6.90. The fraction of sp³-hybridized carbons (Fsp3) is 0.440. The summed E-state index contributed by atoms with van der Waals surface area (Å²) in [6.45, 7) is 10.8. The molecular formula is C25H34N2O3. The van der Waals surface area contributed by atoms with Gasteiger partial charge in [0, 0.05) is 13.1 Å². The molecule has 0 aliphatic rings. The first-order chi connectivity index (χ1) is 14.3. The van der Waals surface area contributed by atoms with Gasteiger partial charge in [-0.05, 0) is 55.0 Å². The van der Waals surface area contributed by atoms with Crippen LogP contribution in [0.4, 0.5) is 0 Å². The molecule has 0 saturated carbocycles. The van der Waals surface area contributed by atoms with Crippen LogP contribution in [0.3, 0.4) is 0 Å². The zero-order chi connectivity index (χ0) is 22.1. The molecular weight excluding hydrogens is 376 g/mol. The molecule has 1 atom stereocenters. The predicted molar refractivity (Wildman–Crippen MR) is 120 cm³/mol. The molecule has 2 amide bonds. The number of hydrogen-bond acceptors (Lipinski definition) is 3. The summed E-state index contributed by atoms with van der Waals surface area (Å²) in [6.07, 6.45) is 0.951. The first-order valence-electron chi connectivity index (χ1n) is 10.6. The number of rotatable bonds is 10. The van der Waals surface area contributed by atoms with Crippen LogP contribution in [-0.4, -0.2) is 35.9 Å². The van der Waals surface area contributed by atoms with E-state index in [1.807, 2.05) is 69.3 Å². The molecule has 30 heavy (non-hydrogen) atoms. The molecule has 0 heterocycles. The van der Waals surface area contributed by atoms with Crippen LogP contribution in [0.15, 0.2) is 48.5 Å². The second kappa shape index (κ2) is 11.4. The minimum Gasteiger partial charge on any atom is -0.484 e. The standard InChI is InChI=1S/C25H34N2O3/c1-6-21-11-13-23(14-12-21)30-17-24(28)27(16-22-10-8-7-9-19(22)4)20(5)25(29)26-15-18(2)3/h7-14,18,20H,6,15-17H2,1-5H3,(H,26,29). The number of aryl methyl sites for hydroxylation is 2. The maximum Gasteiger partial charge on any atom is 0.261 e. The van der Waals surface area contributed by atoms with Gasteiger partial charge in [0.25, 0.3) is 5.91 Å². The molecule has 162 valence electrons. The van der Waals surface area contributed by atoms with E-state index in [1.54, 1.807) is 11.8 Å². The average molecular weight is 411 g/mol. The van der Waals surface area contributed by atoms with E-state index in [9.17, 15) is 9.59 Å². The normalized spacial score (nSPS) is 11.8. The highest BCUT2D eigenvalue weighted by Gasteiger charge is 2.26. The Hall–Kier alpha value is -2.82. The van der Waals surface area contributed by atoms with Gasteiger partial charge >= 0.3 is 0 Å². The van der Waals surface area contributed by atoms with Crippen LogP contribution >= 0.6 is 0 Å². The van der Waals surface area contributed by atoms with Crippen LogP contribution in [0.25, 0.3) is 0 Å². The quantitative estimate of drug-likeness (QED) is 0.641. The van der Waals surface area contributed by atoms with E-state index in [0.717, 1.165) is 17.5 Å². The second-order valence-electron chi connectivity index (χ2n) is 8.05. The molecule has 2 aromatic rings. The summed E-state index contributed by atoms with van der Waals surface area (Å²) in [5, 5.41) is 2.93. The third-order valence-corrected chi connectivity index (χ3v) is 5.15. The summed E-state index contributed by atoms with van der Waals surface area (Å²) in [5.41, 5.74) is 3.31. The van der Waals surface area contributed by atoms with Gasteiger partial charge in [-0.3, -0.25) is 9.59 Å². The van der Waals surface area contributed by atoms with Crippen molar-refractivity contribution >= 4 is 11.8 Å². The second-order valence-corrected chi connectivity index (χ2v) is 8.05. The van der Waals surface area contributed by atoms with Crippen molar-refractivity contribution in [1.29, 1.82) is 0 Å². The molecule has 0 saturated heterocycles. The lowest BCUT2D eigenvalue weighted by Crippen LogP contribution is -2.49. The molecule has 2 rings (SSSR count). The Balaban J connectivity index is 2.12. The summed E-state index contributed by atoms with van der Waals surface area (Å²) < 4.78 is 5.72. The molecule has 0 aromatic heterocycles. The molecule has 0 fully saturated rings. The topological polar surface area (TPSA) is 58.6 Å². The Kier molecular flexibility index (Phi) is 8.90. The van der Waals surface area contributed by atoms with Crippen LogP contribution in [0.2, 0.25) is 0 Å². The first kappa shape index (κ1) is 23.5. The van der Waals surface area contributed by atoms with E-state index in [2.05, 4.69) is 12.2 Å². The van der Waals surface area contributed by atoms with Gasteiger partial charge in [-0.2, -0.15) is 0 Å². The van der Waals surface area contributed by atoms with Gasteiger partial charge in [-0.25, -0.2) is 0 Å². The van der Waals surface area contributed by atoms with Gasteiger partial charge in [-0.1, -0.05) is 57.2 Å². The van der Waals surface area contributed by atoms with E-state index in [-0.39, 0.29) is 18.4 Å². The molecule has 2 aromatic carbocycles. The minimum absolute atomic E-state index is 0.112. The number of benzene rings is 2. The van der Waals surface area contributed by atoms with E-state index in [4.69, 9.17) is 4.74 Å². The van der Waals surface area contributed by atoms with Gasteiger partial charge in [0.1, 0.15) is 11.8 Å². The van der Waals surface area contributed by atoms with Crippen molar-refractivity contribution in [3.05, 3.63) is 65.2 Å². The SMILES string of the molecule is CCc1ccc(OCC(=O)N(Cc2ccccc2C)C(C)C(=O)NCC(C)C)cc1. The van der Waals surface area contributed by atoms with Gasteiger partial charge in [0.2, 0.25) is 5.91 Å². The summed E-state index contributed by atoms with van der Waals surface area (Å²) in [6, 6.07) is 15.0. The Labute approximate surface area is 180 Å². The lowest BCUT2D eigenvalue weighted by molar-refractivity contribution is -0.142. The summed E-state index contributed by atoms with van der Waals surface area (Å²) in [7, 11) is 0. The number of nitrogens with one attached hydrogen (secondary N) is 1. The van der Waals surface area contributed by atoms with Crippen LogP contribution in [0.1, 0.15) is 44.4 Å². The van der Waals surface area contributed by atoms with Crippen molar-refractivity contribution in [3.63, 3.8) is 0 Å². The van der Waals surface area contributed by atoms with Crippen LogP contribution in [0.5, 0.6) is 5.75 Å². The number of nitrogens with zero attached hydrogens (tertiary/aromatic N) is 1. The van der Waals surface area contributed by atoms with Gasteiger partial charge in [-0.15, -0.1) is 0 Å². The maximum absolute atomic E-state index is 13.1. The van der Waals surface area contributed by atoms with Crippen LogP contribution in [0, 0.1) is 12.8 Å². The first-order valence-corrected chi connectivity index (χ1v) is 10.6. The lowest BCUT2D eigenvalue weighted by Gasteiger charge is -2.29. The van der Waals surface area contributed by atoms with Crippen molar-refractivity contribution in [2.24, 2.45) is 5.92 Å². The summed E-state index contributed by atoms with van der Waals surface area (Å²) in [4.78, 5) is 27.3. The highest BCUT2D eigenvalue weighted by molar-refractivity contribution is 5.88. The number of carbonyl (C=O) groups is 2. The number of ether oxygens (including phenoxy) is 1. The van der Waals surface area contributed by atoms with E-state index in [0.29, 0.717) is 24.8 Å². The molecule has 0 bridgehead atoms. The molecule has 5 nitrogen and oxygen atoms in total. The molecule has 0 radical (unpaired) electrons. The minimum atomic E-state index is -0.595. The lowest BCUT2D eigenvalue weighted by atomic mass is 10.1. The average Bonchev–Trinajstić information content (AvgIpc) is 2.75. The molecule has 0 spiro atoms. The van der Waals surface area contributed by atoms with E-state index in [1.165, 1.54) is 5.56 Å². The Bertz CT molecular complexity index is 831. The fourth-order valence-electron chi connectivity index (χ4n) is 3.06. The molecule has 1 unspecified atom stereocenters. The zero-order valence-electron chi connectivity index (χ0n) is 18.8. The zero-order valence-corrected chi connectivity index (χ0v) is 18.8. The highest BCUT2D eigenvalue weighted by atomic mass is 16.5. The van der Waals surface area contributed by atoms with Crippen molar-refractivity contribution in [3.8, 4) is 5.75 Å².